The van der Waals surface area contributed by atoms with Gasteiger partial charge in [0.1, 0.15) is 6.10 Å². The third kappa shape index (κ3) is 7.89. The molecule has 1 rings (SSSR count). The molecule has 0 bridgehead atoms. The van der Waals surface area contributed by atoms with E-state index in [4.69, 9.17) is 4.43 Å². The second-order valence-electron chi connectivity index (χ2n) is 10.5. The van der Waals surface area contributed by atoms with Gasteiger partial charge >= 0.3 is 0 Å². The van der Waals surface area contributed by atoms with Crippen molar-refractivity contribution in [1.82, 2.24) is 0 Å². The second kappa shape index (κ2) is 10.3. The lowest BCUT2D eigenvalue weighted by atomic mass is 9.73. The van der Waals surface area contributed by atoms with Crippen molar-refractivity contribution < 1.29 is 9.53 Å². The van der Waals surface area contributed by atoms with Crippen LogP contribution in [0.2, 0.25) is 18.1 Å². The fourth-order valence-electron chi connectivity index (χ4n) is 3.20. The maximum atomic E-state index is 10.3. The zero-order valence-corrected chi connectivity index (χ0v) is 20.9. The van der Waals surface area contributed by atoms with Crippen LogP contribution in [0.4, 0.5) is 0 Å². The van der Waals surface area contributed by atoms with Crippen LogP contribution in [0.25, 0.3) is 0 Å². The van der Waals surface area contributed by atoms with Crippen molar-refractivity contribution in [2.24, 2.45) is 11.3 Å². The first-order valence-corrected chi connectivity index (χ1v) is 13.9. The molecule has 0 saturated heterocycles. The first kappa shape index (κ1) is 25.2. The minimum absolute atomic E-state index is 0.117. The monoisotopic (exact) mass is 404 g/mol. The Hall–Kier alpha value is -0.823. The average molecular weight is 405 g/mol. The number of hydrogen-bond acceptors (Lipinski definition) is 2. The summed E-state index contributed by atoms with van der Waals surface area (Å²) >= 11 is 0. The number of aliphatic hydroxyl groups excluding tert-OH is 1. The van der Waals surface area contributed by atoms with Crippen LogP contribution < -0.4 is 0 Å². The lowest BCUT2D eigenvalue weighted by molar-refractivity contribution is 0.195. The van der Waals surface area contributed by atoms with E-state index in [1.54, 1.807) is 0 Å². The maximum Gasteiger partial charge on any atom is 0.191 e. The van der Waals surface area contributed by atoms with E-state index in [0.29, 0.717) is 5.92 Å². The number of hydrogen-bond donors (Lipinski definition) is 1. The first-order valence-electron chi connectivity index (χ1n) is 10.9. The molecule has 1 aliphatic rings. The van der Waals surface area contributed by atoms with Crippen LogP contribution in [0, 0.1) is 23.2 Å². The van der Waals surface area contributed by atoms with Gasteiger partial charge in [-0.15, -0.1) is 0 Å². The molecule has 0 aliphatic heterocycles. The Morgan fingerprint density at radius 1 is 1.25 bits per heavy atom. The summed E-state index contributed by atoms with van der Waals surface area (Å²) in [5.74, 6) is 7.01. The van der Waals surface area contributed by atoms with Crippen LogP contribution in [0.1, 0.15) is 80.6 Å². The highest BCUT2D eigenvalue weighted by Crippen LogP contribution is 2.39. The van der Waals surface area contributed by atoms with Crippen LogP contribution in [0.3, 0.4) is 0 Å². The zero-order chi connectivity index (χ0) is 21.6. The van der Waals surface area contributed by atoms with Gasteiger partial charge < -0.3 is 9.53 Å². The predicted octanol–water partition coefficient (Wildman–Crippen LogP) is 6.87. The van der Waals surface area contributed by atoms with Crippen LogP contribution in [0.15, 0.2) is 23.3 Å². The molecule has 1 N–H and O–H groups in total. The van der Waals surface area contributed by atoms with Crippen LogP contribution in [-0.4, -0.2) is 26.1 Å². The van der Waals surface area contributed by atoms with Gasteiger partial charge in [-0.25, -0.2) is 0 Å². The normalized spacial score (nSPS) is 29.9. The Morgan fingerprint density at radius 2 is 1.89 bits per heavy atom. The highest BCUT2D eigenvalue weighted by molar-refractivity contribution is 6.74. The predicted molar refractivity (Wildman–Crippen MR) is 125 cm³/mol. The molecule has 1 aliphatic carbocycles. The fourth-order valence-corrected chi connectivity index (χ4v) is 4.26. The summed E-state index contributed by atoms with van der Waals surface area (Å²) in [7, 11) is -1.71. The summed E-state index contributed by atoms with van der Waals surface area (Å²) in [5, 5.41) is 10.6. The fraction of sp³-hybridized carbons (Fsp3) is 0.760. The summed E-state index contributed by atoms with van der Waals surface area (Å²) in [6, 6.07) is 0. The summed E-state index contributed by atoms with van der Waals surface area (Å²) < 4.78 is 6.41. The van der Waals surface area contributed by atoms with Gasteiger partial charge in [0.25, 0.3) is 0 Å². The van der Waals surface area contributed by atoms with Gasteiger partial charge in [0, 0.05) is 12.0 Å². The van der Waals surface area contributed by atoms with Crippen molar-refractivity contribution in [2.45, 2.75) is 105 Å². The molecule has 3 heteroatoms. The van der Waals surface area contributed by atoms with Gasteiger partial charge in [-0.05, 0) is 83.0 Å². The van der Waals surface area contributed by atoms with Crippen molar-refractivity contribution in [3.63, 3.8) is 0 Å². The van der Waals surface area contributed by atoms with Crippen molar-refractivity contribution in [3.8, 4) is 11.8 Å². The van der Waals surface area contributed by atoms with Gasteiger partial charge in [-0.1, -0.05) is 56.8 Å². The molecule has 0 spiro atoms. The van der Waals surface area contributed by atoms with Crippen molar-refractivity contribution in [3.05, 3.63) is 23.3 Å². The van der Waals surface area contributed by atoms with Crippen molar-refractivity contribution in [1.29, 1.82) is 0 Å². The van der Waals surface area contributed by atoms with E-state index < -0.39 is 14.4 Å². The van der Waals surface area contributed by atoms with E-state index in [9.17, 15) is 5.11 Å². The summed E-state index contributed by atoms with van der Waals surface area (Å²) in [5.41, 5.74) is 2.55. The lowest BCUT2D eigenvalue weighted by Gasteiger charge is -2.37. The standard InChI is InChI=1S/C25H44O2Si/c1-20-11-10-12-21(2)19-23(26)14-17-25(7,16-13-20)22(3)15-18-27-28(8,9)24(4,5)6/h11,19,22-23,26H,10,12-13,15-16,18H2,1-9H3/b20-11+,21-19-/t22-,23?,25-/m1/s1. The first-order chi connectivity index (χ1) is 12.8. The van der Waals surface area contributed by atoms with E-state index in [-0.39, 0.29) is 10.5 Å². The Balaban J connectivity index is 2.92. The van der Waals surface area contributed by atoms with Crippen LogP contribution >= 0.6 is 0 Å². The molecule has 160 valence electrons. The molecule has 0 aromatic rings. The molecule has 0 heterocycles. The van der Waals surface area contributed by atoms with Gasteiger partial charge in [-0.2, -0.15) is 0 Å². The van der Waals surface area contributed by atoms with E-state index in [2.05, 4.69) is 79.5 Å². The van der Waals surface area contributed by atoms with Crippen LogP contribution in [0.5, 0.6) is 0 Å². The largest absolute Gasteiger partial charge is 0.417 e. The van der Waals surface area contributed by atoms with E-state index in [1.165, 1.54) is 11.1 Å². The smallest absolute Gasteiger partial charge is 0.191 e. The molecule has 3 atom stereocenters. The van der Waals surface area contributed by atoms with Crippen LogP contribution in [-0.2, 0) is 4.43 Å². The summed E-state index contributed by atoms with van der Waals surface area (Å²) in [6.45, 7) is 21.2. The van der Waals surface area contributed by atoms with E-state index in [0.717, 1.165) is 38.7 Å². The van der Waals surface area contributed by atoms with E-state index in [1.807, 2.05) is 6.08 Å². The van der Waals surface area contributed by atoms with Crippen molar-refractivity contribution >= 4 is 8.32 Å². The van der Waals surface area contributed by atoms with Gasteiger partial charge in [0.15, 0.2) is 8.32 Å². The minimum atomic E-state index is -1.71. The SMILES string of the molecule is C/C1=C/C(O)C#C[C@](C)([C@H](C)CCO[Si](C)(C)C(C)(C)C)CC/C(C)=C/CC1. The zero-order valence-electron chi connectivity index (χ0n) is 19.9. The molecule has 0 aromatic carbocycles. The van der Waals surface area contributed by atoms with E-state index >= 15 is 0 Å². The molecule has 28 heavy (non-hydrogen) atoms. The molecule has 1 unspecified atom stereocenters. The average Bonchev–Trinajstić information content (AvgIpc) is 2.56. The highest BCUT2D eigenvalue weighted by Gasteiger charge is 2.37. The quantitative estimate of drug-likeness (QED) is 0.308. The second-order valence-corrected chi connectivity index (χ2v) is 15.3. The van der Waals surface area contributed by atoms with Gasteiger partial charge in [0.05, 0.1) is 0 Å². The number of aliphatic hydroxyl groups is 1. The van der Waals surface area contributed by atoms with Crippen molar-refractivity contribution in [2.75, 3.05) is 6.61 Å². The Labute approximate surface area is 176 Å². The Bertz CT molecular complexity index is 627. The number of allylic oxidation sites excluding steroid dienone is 3. The maximum absolute atomic E-state index is 10.3. The third-order valence-electron chi connectivity index (χ3n) is 6.93. The number of rotatable bonds is 5. The molecule has 0 aromatic heterocycles. The van der Waals surface area contributed by atoms with Gasteiger partial charge in [-0.3, -0.25) is 0 Å². The minimum Gasteiger partial charge on any atom is -0.417 e. The molecule has 2 nitrogen and oxygen atoms in total. The Kier molecular flexibility index (Phi) is 9.26. The molecule has 0 amide bonds. The summed E-state index contributed by atoms with van der Waals surface area (Å²) in [4.78, 5) is 0. The third-order valence-corrected chi connectivity index (χ3v) is 11.5. The lowest BCUT2D eigenvalue weighted by Crippen LogP contribution is -2.41. The van der Waals surface area contributed by atoms with Gasteiger partial charge in [0.2, 0.25) is 0 Å². The molecule has 0 fully saturated rings. The summed E-state index contributed by atoms with van der Waals surface area (Å²) in [6.07, 6.45) is 8.73. The highest BCUT2D eigenvalue weighted by atomic mass is 28.4. The molecular weight excluding hydrogens is 360 g/mol. The molecule has 0 saturated carbocycles. The molecular formula is C25H44O2Si. The molecule has 0 radical (unpaired) electrons. The topological polar surface area (TPSA) is 29.5 Å². The Morgan fingerprint density at radius 3 is 2.50 bits per heavy atom.